The molecule has 10 nitrogen and oxygen atoms in total. The number of rotatable bonds is 10. The first-order valence-corrected chi connectivity index (χ1v) is 17.5. The van der Waals surface area contributed by atoms with Gasteiger partial charge in [-0.2, -0.15) is 5.10 Å². The van der Waals surface area contributed by atoms with Crippen molar-refractivity contribution in [2.45, 2.75) is 63.4 Å². The number of halogens is 2. The van der Waals surface area contributed by atoms with Gasteiger partial charge in [-0.3, -0.25) is 9.69 Å². The van der Waals surface area contributed by atoms with Gasteiger partial charge in [0.1, 0.15) is 30.0 Å². The molecular formula is C38H44F2N6O4. The lowest BCUT2D eigenvalue weighted by atomic mass is 9.87. The molecular weight excluding hydrogens is 642 g/mol. The smallest absolute Gasteiger partial charge is 0.251 e. The maximum absolute atomic E-state index is 14.8. The summed E-state index contributed by atoms with van der Waals surface area (Å²) in [5.74, 6) is -0.486. The molecule has 7 rings (SSSR count). The zero-order valence-electron chi connectivity index (χ0n) is 28.3. The van der Waals surface area contributed by atoms with Crippen LogP contribution < -0.4 is 15.0 Å². The van der Waals surface area contributed by atoms with Crippen molar-refractivity contribution in [2.75, 3.05) is 44.3 Å². The van der Waals surface area contributed by atoms with Crippen molar-refractivity contribution in [3.63, 3.8) is 0 Å². The number of aliphatic hydroxyl groups excluding tert-OH is 1. The molecule has 3 heterocycles. The number of carbonyl (C=O) groups excluding carboxylic acids is 1. The van der Waals surface area contributed by atoms with Gasteiger partial charge in [-0.15, -0.1) is 0 Å². The summed E-state index contributed by atoms with van der Waals surface area (Å²) >= 11 is 0. The van der Waals surface area contributed by atoms with E-state index in [1.54, 1.807) is 12.1 Å². The highest BCUT2D eigenvalue weighted by Crippen LogP contribution is 2.36. The van der Waals surface area contributed by atoms with Crippen molar-refractivity contribution in [1.29, 1.82) is 0 Å². The first-order valence-electron chi connectivity index (χ1n) is 17.5. The van der Waals surface area contributed by atoms with E-state index < -0.39 is 23.8 Å². The fourth-order valence-corrected chi connectivity index (χ4v) is 7.51. The zero-order valence-corrected chi connectivity index (χ0v) is 28.3. The second-order valence-corrected chi connectivity index (χ2v) is 13.7. The second kappa shape index (κ2) is 15.2. The first kappa shape index (κ1) is 34.1. The summed E-state index contributed by atoms with van der Waals surface area (Å²) in [5, 5.41) is 17.9. The number of aromatic nitrogens is 3. The topological polar surface area (TPSA) is 105 Å². The fourth-order valence-electron chi connectivity index (χ4n) is 7.51. The molecule has 4 aromatic rings. The van der Waals surface area contributed by atoms with E-state index in [2.05, 4.69) is 37.3 Å². The maximum atomic E-state index is 14.8. The highest BCUT2D eigenvalue weighted by atomic mass is 19.1. The highest BCUT2D eigenvalue weighted by molar-refractivity contribution is 5.94. The molecule has 0 radical (unpaired) electrons. The lowest BCUT2D eigenvalue weighted by Crippen LogP contribution is -2.55. The minimum Gasteiger partial charge on any atom is -0.493 e. The lowest BCUT2D eigenvalue weighted by molar-refractivity contribution is 0.0325. The van der Waals surface area contributed by atoms with Crippen LogP contribution in [0.15, 0.2) is 73.3 Å². The van der Waals surface area contributed by atoms with E-state index in [0.717, 1.165) is 62.1 Å². The number of aliphatic hydroxyl groups is 1. The van der Waals surface area contributed by atoms with E-state index in [4.69, 9.17) is 9.47 Å². The van der Waals surface area contributed by atoms with Crippen molar-refractivity contribution in [3.8, 4) is 5.75 Å². The number of anilines is 1. The third kappa shape index (κ3) is 7.82. The Bertz CT molecular complexity index is 1750. The number of hydrogen-bond acceptors (Lipinski definition) is 8. The second-order valence-electron chi connectivity index (χ2n) is 13.7. The van der Waals surface area contributed by atoms with Gasteiger partial charge in [0.2, 0.25) is 0 Å². The number of amides is 1. The summed E-state index contributed by atoms with van der Waals surface area (Å²) in [4.78, 5) is 21.4. The van der Waals surface area contributed by atoms with Crippen LogP contribution in [0.1, 0.15) is 58.8 Å². The summed E-state index contributed by atoms with van der Waals surface area (Å²) in [5.41, 5.74) is 3.49. The van der Waals surface area contributed by atoms with Gasteiger partial charge in [0.05, 0.1) is 38.0 Å². The van der Waals surface area contributed by atoms with E-state index in [-0.39, 0.29) is 24.4 Å². The number of piperazine rings is 1. The number of nitrogens with one attached hydrogen (secondary N) is 1. The van der Waals surface area contributed by atoms with Crippen LogP contribution >= 0.6 is 0 Å². The Hall–Kier alpha value is -4.39. The Morgan fingerprint density at radius 1 is 1.02 bits per heavy atom. The van der Waals surface area contributed by atoms with Crippen molar-refractivity contribution >= 4 is 11.6 Å². The number of benzene rings is 3. The van der Waals surface area contributed by atoms with Crippen LogP contribution in [0.3, 0.4) is 0 Å². The van der Waals surface area contributed by atoms with Gasteiger partial charge in [-0.25, -0.2) is 18.4 Å². The molecule has 2 aliphatic heterocycles. The van der Waals surface area contributed by atoms with Gasteiger partial charge in [-0.05, 0) is 74.6 Å². The first-order chi connectivity index (χ1) is 24.3. The van der Waals surface area contributed by atoms with Crippen LogP contribution in [0, 0.1) is 24.5 Å². The third-order valence-electron chi connectivity index (χ3n) is 10.4. The van der Waals surface area contributed by atoms with Gasteiger partial charge < -0.3 is 24.8 Å². The molecule has 1 aromatic heterocycles. The maximum Gasteiger partial charge on any atom is 0.251 e. The average Bonchev–Trinajstić information content (AvgIpc) is 3.83. The number of carbonyl (C=O) groups is 1. The Labute approximate surface area is 291 Å². The molecule has 12 heteroatoms. The van der Waals surface area contributed by atoms with Crippen LogP contribution in [0.5, 0.6) is 5.75 Å². The minimum absolute atomic E-state index is 0.0732. The van der Waals surface area contributed by atoms with Crippen molar-refractivity contribution in [1.82, 2.24) is 25.0 Å². The highest BCUT2D eigenvalue weighted by Gasteiger charge is 2.35. The summed E-state index contributed by atoms with van der Waals surface area (Å²) in [6, 6.07) is 17.9. The molecule has 1 aliphatic carbocycles. The minimum atomic E-state index is -0.620. The van der Waals surface area contributed by atoms with Crippen LogP contribution in [0.2, 0.25) is 0 Å². The molecule has 3 aromatic carbocycles. The molecule has 5 atom stereocenters. The largest absolute Gasteiger partial charge is 0.493 e. The van der Waals surface area contributed by atoms with E-state index >= 15 is 0 Å². The van der Waals surface area contributed by atoms with Gasteiger partial charge in [0.15, 0.2) is 0 Å². The quantitative estimate of drug-likeness (QED) is 0.243. The van der Waals surface area contributed by atoms with Crippen molar-refractivity contribution in [2.24, 2.45) is 5.92 Å². The molecule has 1 saturated carbocycles. The third-order valence-corrected chi connectivity index (χ3v) is 10.4. The summed E-state index contributed by atoms with van der Waals surface area (Å²) < 4.78 is 43.0. The predicted molar refractivity (Wildman–Crippen MR) is 184 cm³/mol. The van der Waals surface area contributed by atoms with E-state index in [9.17, 15) is 18.7 Å². The van der Waals surface area contributed by atoms with E-state index in [1.165, 1.54) is 23.4 Å². The van der Waals surface area contributed by atoms with Crippen molar-refractivity contribution in [3.05, 3.63) is 107 Å². The summed E-state index contributed by atoms with van der Waals surface area (Å²) in [7, 11) is 0. The Morgan fingerprint density at radius 3 is 2.58 bits per heavy atom. The molecule has 1 unspecified atom stereocenters. The zero-order chi connectivity index (χ0) is 34.6. The number of aryl methyl sites for hydroxylation is 1. The molecule has 0 spiro atoms. The Kier molecular flexibility index (Phi) is 10.4. The van der Waals surface area contributed by atoms with Gasteiger partial charge in [0.25, 0.3) is 5.91 Å². The van der Waals surface area contributed by atoms with Crippen LogP contribution in [-0.4, -0.2) is 88.3 Å². The average molecular weight is 687 g/mol. The van der Waals surface area contributed by atoms with Gasteiger partial charge >= 0.3 is 0 Å². The molecule has 3 aliphatic rings. The summed E-state index contributed by atoms with van der Waals surface area (Å²) in [6.07, 6.45) is 4.77. The van der Waals surface area contributed by atoms with Gasteiger partial charge in [-0.1, -0.05) is 18.2 Å². The normalized spacial score (nSPS) is 24.3. The number of nitrogens with zero attached hydrogens (tertiary/aromatic N) is 5. The number of hydrogen-bond donors (Lipinski definition) is 2. The van der Waals surface area contributed by atoms with Crippen LogP contribution in [-0.2, 0) is 11.3 Å². The molecule has 2 saturated heterocycles. The molecule has 3 fully saturated rings. The van der Waals surface area contributed by atoms with Crippen molar-refractivity contribution < 1.29 is 28.2 Å². The molecule has 0 bridgehead atoms. The molecule has 264 valence electrons. The molecule has 2 N–H and O–H groups in total. The molecule has 50 heavy (non-hydrogen) atoms. The Balaban J connectivity index is 0.868. The molecule has 1 amide bonds. The monoisotopic (exact) mass is 686 g/mol. The lowest BCUT2D eigenvalue weighted by Gasteiger charge is -2.44. The summed E-state index contributed by atoms with van der Waals surface area (Å²) in [6.45, 7) is 6.68. The van der Waals surface area contributed by atoms with E-state index in [1.807, 2.05) is 31.2 Å². The number of ether oxygens (including phenoxy) is 2. The van der Waals surface area contributed by atoms with Gasteiger partial charge in [0, 0.05) is 66.6 Å². The SMILES string of the molecule is Cc1cc(N2CCN(C3CC[C@H](NC(=O)c4ccccc4)[C@@H](O)C3)CC2)ccc1OC[C@H]1CO[C@@H](c2cc(Cn3cncn3)c(F)cc2F)C1. The fraction of sp³-hybridized carbons (Fsp3) is 0.447. The standard InChI is InChI=1S/C38H44F2N6O4/c1-25-15-29(44-11-13-45(14-12-44)30-7-9-34(35(47)18-30)43-38(48)27-5-3-2-4-6-27)8-10-36(25)49-21-26-16-37(50-22-26)31-17-28(32(39)19-33(31)40)20-46-24-41-23-42-46/h2-6,8,10,15,17,19,23-24,26,30,34-35,37,47H,7,9,11-14,16,18,20-22H2,1H3,(H,43,48)/t26-,30?,34-,35-,37+/m0/s1. The van der Waals surface area contributed by atoms with E-state index in [0.29, 0.717) is 48.8 Å². The van der Waals surface area contributed by atoms with Crippen LogP contribution in [0.25, 0.3) is 0 Å². The Morgan fingerprint density at radius 2 is 1.84 bits per heavy atom. The van der Waals surface area contributed by atoms with Crippen LogP contribution in [0.4, 0.5) is 14.5 Å². The predicted octanol–water partition coefficient (Wildman–Crippen LogP) is 4.90.